The van der Waals surface area contributed by atoms with Crippen LogP contribution in [0.15, 0.2) is 0 Å². The summed E-state index contributed by atoms with van der Waals surface area (Å²) < 4.78 is 5.01. The predicted octanol–water partition coefficient (Wildman–Crippen LogP) is 1.55. The van der Waals surface area contributed by atoms with Crippen molar-refractivity contribution < 1.29 is 15.0 Å². The summed E-state index contributed by atoms with van der Waals surface area (Å²) in [7, 11) is 0. The van der Waals surface area contributed by atoms with Gasteiger partial charge in [-0.05, 0) is 27.2 Å². The van der Waals surface area contributed by atoms with E-state index in [-0.39, 0.29) is 16.9 Å². The SMILES string of the molecule is CCCCOC(=O)C(C)(C)C.O. The van der Waals surface area contributed by atoms with Gasteiger partial charge in [-0.1, -0.05) is 13.3 Å². The molecule has 0 saturated heterocycles. The molecule has 0 amide bonds. The number of ether oxygens (including phenoxy) is 1. The normalized spacial score (nSPS) is 10.3. The Morgan fingerprint density at radius 1 is 1.33 bits per heavy atom. The molecule has 74 valence electrons. The van der Waals surface area contributed by atoms with Gasteiger partial charge in [0.25, 0.3) is 0 Å². The zero-order chi connectivity index (χ0) is 8.91. The van der Waals surface area contributed by atoms with Crippen molar-refractivity contribution in [2.45, 2.75) is 40.5 Å². The number of carbonyl (C=O) groups is 1. The van der Waals surface area contributed by atoms with Gasteiger partial charge in [0.1, 0.15) is 0 Å². The topological polar surface area (TPSA) is 57.8 Å². The van der Waals surface area contributed by atoms with Gasteiger partial charge in [0.2, 0.25) is 0 Å². The first-order chi connectivity index (χ1) is 4.98. The highest BCUT2D eigenvalue weighted by Gasteiger charge is 2.22. The Morgan fingerprint density at radius 2 is 1.83 bits per heavy atom. The molecule has 0 radical (unpaired) electrons. The molecular weight excluding hydrogens is 156 g/mol. The highest BCUT2D eigenvalue weighted by molar-refractivity contribution is 5.75. The number of esters is 1. The van der Waals surface area contributed by atoms with Crippen LogP contribution in [0.5, 0.6) is 0 Å². The molecule has 0 aromatic rings. The molecule has 0 rings (SSSR count). The average Bonchev–Trinajstić information content (AvgIpc) is 1.86. The second-order valence-corrected chi connectivity index (χ2v) is 3.74. The molecule has 0 saturated carbocycles. The molecule has 0 aromatic heterocycles. The number of hydrogen-bond acceptors (Lipinski definition) is 2. The monoisotopic (exact) mass is 176 g/mol. The van der Waals surface area contributed by atoms with Crippen LogP contribution in [-0.2, 0) is 9.53 Å². The predicted molar refractivity (Wildman–Crippen MR) is 48.9 cm³/mol. The van der Waals surface area contributed by atoms with Crippen molar-refractivity contribution >= 4 is 5.97 Å². The second kappa shape index (κ2) is 6.00. The molecular formula is C9H20O3. The van der Waals surface area contributed by atoms with Gasteiger partial charge in [0.05, 0.1) is 12.0 Å². The lowest BCUT2D eigenvalue weighted by atomic mass is 9.97. The van der Waals surface area contributed by atoms with Crippen molar-refractivity contribution in [2.24, 2.45) is 5.41 Å². The standard InChI is InChI=1S/C9H18O2.H2O/c1-5-6-7-11-8(10)9(2,3)4;/h5-7H2,1-4H3;1H2. The molecule has 0 aliphatic heterocycles. The highest BCUT2D eigenvalue weighted by atomic mass is 16.5. The fourth-order valence-electron chi connectivity index (χ4n) is 0.526. The number of carbonyl (C=O) groups excluding carboxylic acids is 1. The van der Waals surface area contributed by atoms with Crippen molar-refractivity contribution in [1.29, 1.82) is 0 Å². The van der Waals surface area contributed by atoms with E-state index >= 15 is 0 Å². The Labute approximate surface area is 74.4 Å². The van der Waals surface area contributed by atoms with Gasteiger partial charge in [0, 0.05) is 0 Å². The molecule has 3 nitrogen and oxygen atoms in total. The Kier molecular flexibility index (Phi) is 6.99. The Balaban J connectivity index is 0. The van der Waals surface area contributed by atoms with E-state index in [0.717, 1.165) is 12.8 Å². The van der Waals surface area contributed by atoms with Crippen LogP contribution in [0.2, 0.25) is 0 Å². The van der Waals surface area contributed by atoms with E-state index in [1.165, 1.54) is 0 Å². The molecule has 0 aromatic carbocycles. The first-order valence-corrected chi connectivity index (χ1v) is 4.15. The van der Waals surface area contributed by atoms with E-state index in [0.29, 0.717) is 6.61 Å². The van der Waals surface area contributed by atoms with Crippen LogP contribution in [0.3, 0.4) is 0 Å². The van der Waals surface area contributed by atoms with Crippen molar-refractivity contribution in [3.8, 4) is 0 Å². The van der Waals surface area contributed by atoms with Crippen molar-refractivity contribution in [1.82, 2.24) is 0 Å². The fourth-order valence-corrected chi connectivity index (χ4v) is 0.526. The van der Waals surface area contributed by atoms with Crippen LogP contribution in [0.4, 0.5) is 0 Å². The second-order valence-electron chi connectivity index (χ2n) is 3.74. The van der Waals surface area contributed by atoms with Gasteiger partial charge >= 0.3 is 5.97 Å². The molecule has 0 atom stereocenters. The van der Waals surface area contributed by atoms with Crippen molar-refractivity contribution in [3.05, 3.63) is 0 Å². The molecule has 0 aliphatic carbocycles. The fraction of sp³-hybridized carbons (Fsp3) is 0.889. The molecule has 12 heavy (non-hydrogen) atoms. The summed E-state index contributed by atoms with van der Waals surface area (Å²) in [6.45, 7) is 8.22. The summed E-state index contributed by atoms with van der Waals surface area (Å²) in [5.41, 5.74) is -0.353. The van der Waals surface area contributed by atoms with Crippen LogP contribution in [0.1, 0.15) is 40.5 Å². The molecule has 0 unspecified atom stereocenters. The first kappa shape index (κ1) is 14.0. The van der Waals surface area contributed by atoms with Gasteiger partial charge in [-0.2, -0.15) is 0 Å². The molecule has 0 bridgehead atoms. The van der Waals surface area contributed by atoms with Crippen LogP contribution in [0, 0.1) is 5.41 Å². The molecule has 0 fully saturated rings. The van der Waals surface area contributed by atoms with Gasteiger partial charge in [-0.15, -0.1) is 0 Å². The van der Waals surface area contributed by atoms with Gasteiger partial charge < -0.3 is 10.2 Å². The number of hydrogen-bond donors (Lipinski definition) is 0. The first-order valence-electron chi connectivity index (χ1n) is 4.15. The maximum absolute atomic E-state index is 11.1. The molecule has 0 aliphatic rings. The van der Waals surface area contributed by atoms with Crippen LogP contribution < -0.4 is 0 Å². The summed E-state index contributed by atoms with van der Waals surface area (Å²) in [5.74, 6) is -0.106. The van der Waals surface area contributed by atoms with Crippen molar-refractivity contribution in [3.63, 3.8) is 0 Å². The quantitative estimate of drug-likeness (QED) is 0.484. The minimum atomic E-state index is -0.353. The van der Waals surface area contributed by atoms with E-state index in [1.54, 1.807) is 0 Å². The minimum Gasteiger partial charge on any atom is -0.465 e. The third-order valence-electron chi connectivity index (χ3n) is 1.34. The van der Waals surface area contributed by atoms with E-state index in [4.69, 9.17) is 4.74 Å². The van der Waals surface area contributed by atoms with Gasteiger partial charge in [-0.3, -0.25) is 4.79 Å². The lowest BCUT2D eigenvalue weighted by Gasteiger charge is -2.15. The molecule has 3 heteroatoms. The summed E-state index contributed by atoms with van der Waals surface area (Å²) >= 11 is 0. The van der Waals surface area contributed by atoms with Crippen LogP contribution in [0.25, 0.3) is 0 Å². The summed E-state index contributed by atoms with van der Waals surface area (Å²) in [6.07, 6.45) is 2.03. The van der Waals surface area contributed by atoms with E-state index in [9.17, 15) is 4.79 Å². The summed E-state index contributed by atoms with van der Waals surface area (Å²) in [4.78, 5) is 11.1. The zero-order valence-corrected chi connectivity index (χ0v) is 8.44. The van der Waals surface area contributed by atoms with E-state index < -0.39 is 0 Å². The molecule has 0 heterocycles. The maximum atomic E-state index is 11.1. The molecule has 2 N–H and O–H groups in total. The van der Waals surface area contributed by atoms with Crippen molar-refractivity contribution in [2.75, 3.05) is 6.61 Å². The molecule has 0 spiro atoms. The highest BCUT2D eigenvalue weighted by Crippen LogP contribution is 2.15. The van der Waals surface area contributed by atoms with Crippen LogP contribution >= 0.6 is 0 Å². The largest absolute Gasteiger partial charge is 0.465 e. The van der Waals surface area contributed by atoms with E-state index in [1.807, 2.05) is 20.8 Å². The lowest BCUT2D eigenvalue weighted by molar-refractivity contribution is -0.153. The smallest absolute Gasteiger partial charge is 0.311 e. The lowest BCUT2D eigenvalue weighted by Crippen LogP contribution is -2.23. The van der Waals surface area contributed by atoms with Crippen LogP contribution in [-0.4, -0.2) is 18.1 Å². The number of unbranched alkanes of at least 4 members (excludes halogenated alkanes) is 1. The third kappa shape index (κ3) is 6.16. The van der Waals surface area contributed by atoms with E-state index in [2.05, 4.69) is 6.92 Å². The third-order valence-corrected chi connectivity index (χ3v) is 1.34. The average molecular weight is 176 g/mol. The Bertz CT molecular complexity index is 124. The van der Waals surface area contributed by atoms with Gasteiger partial charge in [0.15, 0.2) is 0 Å². The number of rotatable bonds is 3. The summed E-state index contributed by atoms with van der Waals surface area (Å²) in [5, 5.41) is 0. The maximum Gasteiger partial charge on any atom is 0.311 e. The Morgan fingerprint density at radius 3 is 2.17 bits per heavy atom. The minimum absolute atomic E-state index is 0. The van der Waals surface area contributed by atoms with Gasteiger partial charge in [-0.25, -0.2) is 0 Å². The summed E-state index contributed by atoms with van der Waals surface area (Å²) in [6, 6.07) is 0. The Hall–Kier alpha value is -0.570. The zero-order valence-electron chi connectivity index (χ0n) is 8.44.